The van der Waals surface area contributed by atoms with Gasteiger partial charge in [0.15, 0.2) is 9.84 Å². The molecule has 0 aliphatic carbocycles. The molecule has 0 aromatic heterocycles. The van der Waals surface area contributed by atoms with Crippen molar-refractivity contribution in [3.8, 4) is 0 Å². The van der Waals surface area contributed by atoms with E-state index in [4.69, 9.17) is 5.11 Å². The first-order chi connectivity index (χ1) is 7.92. The van der Waals surface area contributed by atoms with Crippen LogP contribution in [0.25, 0.3) is 0 Å². The lowest BCUT2D eigenvalue weighted by Crippen LogP contribution is -2.33. The standard InChI is InChI=1S/C11H15FO4S/c1-2-17(15,16)10(7-13)11(14)8-4-3-5-9(12)6-8/h3-6,10-11,13-14H,2,7H2,1H3/t10-,11-/m1/s1. The maximum Gasteiger partial charge on any atom is 0.158 e. The Bertz CT molecular complexity index is 472. The number of hydrogen-bond acceptors (Lipinski definition) is 4. The van der Waals surface area contributed by atoms with E-state index >= 15 is 0 Å². The van der Waals surface area contributed by atoms with Crippen molar-refractivity contribution in [2.45, 2.75) is 18.3 Å². The highest BCUT2D eigenvalue weighted by Crippen LogP contribution is 2.23. The van der Waals surface area contributed by atoms with Gasteiger partial charge in [-0.3, -0.25) is 0 Å². The van der Waals surface area contributed by atoms with Crippen LogP contribution in [0, 0.1) is 5.82 Å². The quantitative estimate of drug-likeness (QED) is 0.817. The maximum absolute atomic E-state index is 13.0. The Balaban J connectivity index is 3.06. The number of hydrogen-bond donors (Lipinski definition) is 2. The van der Waals surface area contributed by atoms with Gasteiger partial charge in [-0.2, -0.15) is 0 Å². The molecular weight excluding hydrogens is 247 g/mol. The van der Waals surface area contributed by atoms with E-state index in [0.29, 0.717) is 0 Å². The molecular formula is C11H15FO4S. The van der Waals surface area contributed by atoms with Crippen molar-refractivity contribution in [3.05, 3.63) is 35.6 Å². The van der Waals surface area contributed by atoms with Crippen molar-refractivity contribution < 1.29 is 23.0 Å². The molecule has 0 fully saturated rings. The molecule has 0 radical (unpaired) electrons. The van der Waals surface area contributed by atoms with Crippen LogP contribution in [-0.4, -0.2) is 36.2 Å². The summed E-state index contributed by atoms with van der Waals surface area (Å²) in [5, 5.41) is 17.6. The van der Waals surface area contributed by atoms with Gasteiger partial charge >= 0.3 is 0 Å². The zero-order chi connectivity index (χ0) is 13.1. The van der Waals surface area contributed by atoms with Crippen LogP contribution in [0.5, 0.6) is 0 Å². The number of rotatable bonds is 5. The summed E-state index contributed by atoms with van der Waals surface area (Å²) in [6.07, 6.45) is -1.43. The van der Waals surface area contributed by atoms with E-state index in [1.807, 2.05) is 0 Å². The molecule has 0 aliphatic rings. The summed E-state index contributed by atoms with van der Waals surface area (Å²) in [6.45, 7) is 0.726. The molecule has 4 nitrogen and oxygen atoms in total. The van der Waals surface area contributed by atoms with E-state index in [1.165, 1.54) is 25.1 Å². The highest BCUT2D eigenvalue weighted by Gasteiger charge is 2.31. The number of sulfone groups is 1. The molecule has 0 saturated carbocycles. The van der Waals surface area contributed by atoms with Crippen molar-refractivity contribution in [1.82, 2.24) is 0 Å². The highest BCUT2D eigenvalue weighted by atomic mass is 32.2. The second kappa shape index (κ2) is 5.57. The molecule has 2 atom stereocenters. The first-order valence-electron chi connectivity index (χ1n) is 5.18. The Morgan fingerprint density at radius 3 is 2.53 bits per heavy atom. The molecule has 0 aliphatic heterocycles. The lowest BCUT2D eigenvalue weighted by Gasteiger charge is -2.20. The SMILES string of the molecule is CCS(=O)(=O)[C@H](CO)[C@H](O)c1cccc(F)c1. The Morgan fingerprint density at radius 2 is 2.06 bits per heavy atom. The van der Waals surface area contributed by atoms with Crippen molar-refractivity contribution in [1.29, 1.82) is 0 Å². The van der Waals surface area contributed by atoms with Crippen molar-refractivity contribution in [2.75, 3.05) is 12.4 Å². The van der Waals surface area contributed by atoms with Crippen LogP contribution in [0.3, 0.4) is 0 Å². The van der Waals surface area contributed by atoms with E-state index in [-0.39, 0.29) is 11.3 Å². The predicted octanol–water partition coefficient (Wildman–Crippen LogP) is 0.655. The molecule has 0 heterocycles. The van der Waals surface area contributed by atoms with Gasteiger partial charge in [0.05, 0.1) is 12.7 Å². The average molecular weight is 262 g/mol. The van der Waals surface area contributed by atoms with E-state index in [2.05, 4.69) is 0 Å². The van der Waals surface area contributed by atoms with Crippen molar-refractivity contribution >= 4 is 9.84 Å². The van der Waals surface area contributed by atoms with Crippen molar-refractivity contribution in [2.24, 2.45) is 0 Å². The summed E-state index contributed by atoms with van der Waals surface area (Å²) >= 11 is 0. The number of aliphatic hydroxyl groups excluding tert-OH is 2. The molecule has 6 heteroatoms. The van der Waals surface area contributed by atoms with E-state index < -0.39 is 33.6 Å². The summed E-state index contributed by atoms with van der Waals surface area (Å²) in [5.41, 5.74) is 0.140. The fourth-order valence-electron chi connectivity index (χ4n) is 1.53. The molecule has 96 valence electrons. The normalized spacial score (nSPS) is 15.5. The van der Waals surface area contributed by atoms with Gasteiger partial charge in [-0.05, 0) is 17.7 Å². The van der Waals surface area contributed by atoms with Crippen LogP contribution in [0.2, 0.25) is 0 Å². The molecule has 2 N–H and O–H groups in total. The van der Waals surface area contributed by atoms with Crippen molar-refractivity contribution in [3.63, 3.8) is 0 Å². The Labute approximate surface area is 99.6 Å². The van der Waals surface area contributed by atoms with Gasteiger partial charge in [-0.1, -0.05) is 19.1 Å². The molecule has 1 aromatic rings. The highest BCUT2D eigenvalue weighted by molar-refractivity contribution is 7.92. The summed E-state index contributed by atoms with van der Waals surface area (Å²) in [7, 11) is -3.59. The van der Waals surface area contributed by atoms with Crippen LogP contribution < -0.4 is 0 Å². The molecule has 0 unspecified atom stereocenters. The molecule has 0 bridgehead atoms. The Kier molecular flexibility index (Phi) is 4.62. The second-order valence-corrected chi connectivity index (χ2v) is 6.18. The molecule has 0 spiro atoms. The van der Waals surface area contributed by atoms with Gasteiger partial charge in [0.2, 0.25) is 0 Å². The number of halogens is 1. The Hall–Kier alpha value is -0.980. The number of aliphatic hydroxyl groups is 2. The van der Waals surface area contributed by atoms with Crippen LogP contribution in [-0.2, 0) is 9.84 Å². The van der Waals surface area contributed by atoms with E-state index in [1.54, 1.807) is 0 Å². The first-order valence-corrected chi connectivity index (χ1v) is 6.90. The van der Waals surface area contributed by atoms with Gasteiger partial charge in [0.25, 0.3) is 0 Å². The summed E-state index contributed by atoms with van der Waals surface area (Å²) in [6, 6.07) is 5.04. The minimum Gasteiger partial charge on any atom is -0.395 e. The fraction of sp³-hybridized carbons (Fsp3) is 0.455. The molecule has 17 heavy (non-hydrogen) atoms. The van der Waals surface area contributed by atoms with E-state index in [0.717, 1.165) is 6.07 Å². The minimum absolute atomic E-state index is 0.140. The third-order valence-corrected chi connectivity index (χ3v) is 4.72. The Morgan fingerprint density at radius 1 is 1.41 bits per heavy atom. The van der Waals surface area contributed by atoms with Gasteiger partial charge in [-0.25, -0.2) is 12.8 Å². The summed E-state index contributed by atoms with van der Waals surface area (Å²) < 4.78 is 36.2. The molecule has 1 rings (SSSR count). The van der Waals surface area contributed by atoms with Crippen LogP contribution in [0.4, 0.5) is 4.39 Å². The monoisotopic (exact) mass is 262 g/mol. The zero-order valence-electron chi connectivity index (χ0n) is 9.38. The van der Waals surface area contributed by atoms with Gasteiger partial charge in [-0.15, -0.1) is 0 Å². The molecule has 0 amide bonds. The topological polar surface area (TPSA) is 74.6 Å². The molecule has 0 saturated heterocycles. The van der Waals surface area contributed by atoms with Crippen LogP contribution >= 0.6 is 0 Å². The van der Waals surface area contributed by atoms with Gasteiger partial charge in [0, 0.05) is 5.75 Å². The van der Waals surface area contributed by atoms with Gasteiger partial charge < -0.3 is 10.2 Å². The lowest BCUT2D eigenvalue weighted by molar-refractivity contribution is 0.137. The summed E-state index contributed by atoms with van der Waals surface area (Å²) in [4.78, 5) is 0. The van der Waals surface area contributed by atoms with Crippen LogP contribution in [0.15, 0.2) is 24.3 Å². The fourth-order valence-corrected chi connectivity index (χ4v) is 2.73. The van der Waals surface area contributed by atoms with Gasteiger partial charge in [0.1, 0.15) is 11.1 Å². The van der Waals surface area contributed by atoms with E-state index in [9.17, 15) is 17.9 Å². The second-order valence-electron chi connectivity index (χ2n) is 3.67. The average Bonchev–Trinajstić information content (AvgIpc) is 2.29. The third-order valence-electron chi connectivity index (χ3n) is 2.59. The third kappa shape index (κ3) is 3.24. The zero-order valence-corrected chi connectivity index (χ0v) is 10.2. The molecule has 1 aromatic carbocycles. The lowest BCUT2D eigenvalue weighted by atomic mass is 10.1. The predicted molar refractivity (Wildman–Crippen MR) is 61.7 cm³/mol. The smallest absolute Gasteiger partial charge is 0.158 e. The largest absolute Gasteiger partial charge is 0.395 e. The first kappa shape index (κ1) is 14.1. The minimum atomic E-state index is -3.59. The summed E-state index contributed by atoms with van der Waals surface area (Å²) in [5.74, 6) is -0.753. The van der Waals surface area contributed by atoms with Crippen LogP contribution in [0.1, 0.15) is 18.6 Å². The number of benzene rings is 1. The maximum atomic E-state index is 13.0.